The summed E-state index contributed by atoms with van der Waals surface area (Å²) in [5, 5.41) is 2.87. The summed E-state index contributed by atoms with van der Waals surface area (Å²) in [5.41, 5.74) is 1.08. The number of alkyl halides is 3. The van der Waals surface area contributed by atoms with E-state index in [1.807, 2.05) is 29.2 Å². The van der Waals surface area contributed by atoms with Crippen LogP contribution >= 0.6 is 0 Å². The van der Waals surface area contributed by atoms with Crippen molar-refractivity contribution in [3.8, 4) is 5.75 Å². The van der Waals surface area contributed by atoms with Gasteiger partial charge in [0.05, 0.1) is 13.0 Å². The minimum Gasteiger partial charge on any atom is -0.497 e. The fourth-order valence-electron chi connectivity index (χ4n) is 2.52. The Hall–Kier alpha value is -1.27. The molecule has 0 radical (unpaired) electrons. The zero-order valence-electron chi connectivity index (χ0n) is 12.1. The van der Waals surface area contributed by atoms with Gasteiger partial charge in [-0.3, -0.25) is 0 Å². The van der Waals surface area contributed by atoms with E-state index in [9.17, 15) is 13.2 Å². The Labute approximate surface area is 123 Å². The Morgan fingerprint density at radius 1 is 1.38 bits per heavy atom. The van der Waals surface area contributed by atoms with Crippen molar-refractivity contribution in [1.29, 1.82) is 0 Å². The Kier molecular flexibility index (Phi) is 5.47. The largest absolute Gasteiger partial charge is 0.497 e. The van der Waals surface area contributed by atoms with Crippen LogP contribution in [-0.2, 0) is 6.42 Å². The van der Waals surface area contributed by atoms with Gasteiger partial charge in [0.25, 0.3) is 0 Å². The van der Waals surface area contributed by atoms with Gasteiger partial charge in [-0.25, -0.2) is 0 Å². The van der Waals surface area contributed by atoms with E-state index in [0.717, 1.165) is 17.7 Å². The molecule has 1 aromatic rings. The predicted octanol–water partition coefficient (Wildman–Crippen LogP) is 2.32. The van der Waals surface area contributed by atoms with Crippen molar-refractivity contribution in [2.75, 3.05) is 39.8 Å². The maximum absolute atomic E-state index is 12.9. The summed E-state index contributed by atoms with van der Waals surface area (Å²) in [6.45, 7) is 1.96. The van der Waals surface area contributed by atoms with Gasteiger partial charge in [-0.1, -0.05) is 12.1 Å². The third-order valence-corrected chi connectivity index (χ3v) is 3.79. The van der Waals surface area contributed by atoms with Crippen LogP contribution in [0.1, 0.15) is 5.56 Å². The SMILES string of the molecule is COc1cccc(CCN2CCNCC(C(F)(F)F)C2)c1. The van der Waals surface area contributed by atoms with Crippen molar-refractivity contribution in [3.05, 3.63) is 29.8 Å². The lowest BCUT2D eigenvalue weighted by molar-refractivity contribution is -0.175. The standard InChI is InChI=1S/C15H21F3N2O/c1-21-14-4-2-3-12(9-14)5-7-20-8-6-19-10-13(11-20)15(16,17)18/h2-4,9,13,19H,5-8,10-11H2,1H3. The normalized spacial score (nSPS) is 21.0. The van der Waals surface area contributed by atoms with E-state index in [0.29, 0.717) is 19.6 Å². The van der Waals surface area contributed by atoms with Crippen LogP contribution in [0.4, 0.5) is 13.2 Å². The molecular formula is C15H21F3N2O. The van der Waals surface area contributed by atoms with Crippen molar-refractivity contribution >= 4 is 0 Å². The van der Waals surface area contributed by atoms with Crippen LogP contribution in [0.15, 0.2) is 24.3 Å². The molecule has 6 heteroatoms. The quantitative estimate of drug-likeness (QED) is 0.924. The van der Waals surface area contributed by atoms with E-state index in [-0.39, 0.29) is 13.1 Å². The molecule has 2 rings (SSSR count). The number of methoxy groups -OCH3 is 1. The first-order chi connectivity index (χ1) is 9.99. The highest BCUT2D eigenvalue weighted by Crippen LogP contribution is 2.27. The van der Waals surface area contributed by atoms with Gasteiger partial charge in [-0.15, -0.1) is 0 Å². The maximum Gasteiger partial charge on any atom is 0.394 e. The average molecular weight is 302 g/mol. The van der Waals surface area contributed by atoms with Crippen LogP contribution in [0.3, 0.4) is 0 Å². The Morgan fingerprint density at radius 2 is 2.19 bits per heavy atom. The van der Waals surface area contributed by atoms with Crippen LogP contribution in [0.25, 0.3) is 0 Å². The lowest BCUT2D eigenvalue weighted by atomic mass is 10.1. The Balaban J connectivity index is 1.91. The van der Waals surface area contributed by atoms with Crippen LogP contribution in [0.5, 0.6) is 5.75 Å². The summed E-state index contributed by atoms with van der Waals surface area (Å²) in [4.78, 5) is 1.89. The molecule has 3 nitrogen and oxygen atoms in total. The first kappa shape index (κ1) is 16.1. The third-order valence-electron chi connectivity index (χ3n) is 3.79. The maximum atomic E-state index is 12.9. The number of halogens is 3. The second kappa shape index (κ2) is 7.13. The lowest BCUT2D eigenvalue weighted by Crippen LogP contribution is -2.38. The van der Waals surface area contributed by atoms with Crippen molar-refractivity contribution in [1.82, 2.24) is 10.2 Å². The van der Waals surface area contributed by atoms with Crippen molar-refractivity contribution in [2.24, 2.45) is 5.92 Å². The molecule has 0 bridgehead atoms. The highest BCUT2D eigenvalue weighted by molar-refractivity contribution is 5.28. The van der Waals surface area contributed by atoms with Gasteiger partial charge < -0.3 is 15.0 Å². The van der Waals surface area contributed by atoms with Crippen LogP contribution in [-0.4, -0.2) is 50.9 Å². The number of rotatable bonds is 4. The van der Waals surface area contributed by atoms with Crippen LogP contribution in [0.2, 0.25) is 0 Å². The van der Waals surface area contributed by atoms with Crippen molar-refractivity contribution in [2.45, 2.75) is 12.6 Å². The van der Waals surface area contributed by atoms with E-state index in [1.165, 1.54) is 0 Å². The Morgan fingerprint density at radius 3 is 2.90 bits per heavy atom. The first-order valence-corrected chi connectivity index (χ1v) is 7.12. The highest BCUT2D eigenvalue weighted by Gasteiger charge is 2.40. The molecule has 1 aliphatic rings. The number of nitrogens with one attached hydrogen (secondary N) is 1. The number of hydrogen-bond donors (Lipinski definition) is 1. The summed E-state index contributed by atoms with van der Waals surface area (Å²) < 4.78 is 43.8. The van der Waals surface area contributed by atoms with E-state index in [2.05, 4.69) is 5.32 Å². The molecule has 1 saturated heterocycles. The summed E-state index contributed by atoms with van der Waals surface area (Å²) in [6, 6.07) is 7.66. The van der Waals surface area contributed by atoms with Crippen LogP contribution < -0.4 is 10.1 Å². The van der Waals surface area contributed by atoms with E-state index >= 15 is 0 Å². The minimum atomic E-state index is -4.13. The second-order valence-electron chi connectivity index (χ2n) is 5.34. The Bertz CT molecular complexity index is 451. The van der Waals surface area contributed by atoms with Gasteiger partial charge in [0.2, 0.25) is 0 Å². The molecule has 1 fully saturated rings. The summed E-state index contributed by atoms with van der Waals surface area (Å²) in [5.74, 6) is -0.511. The number of nitrogens with zero attached hydrogens (tertiary/aromatic N) is 1. The zero-order valence-corrected chi connectivity index (χ0v) is 12.1. The third kappa shape index (κ3) is 4.89. The molecule has 1 heterocycles. The van der Waals surface area contributed by atoms with Gasteiger partial charge >= 0.3 is 6.18 Å². The monoisotopic (exact) mass is 302 g/mol. The molecule has 0 amide bonds. The molecule has 1 N–H and O–H groups in total. The minimum absolute atomic E-state index is 0.0131. The molecule has 0 spiro atoms. The molecular weight excluding hydrogens is 281 g/mol. The highest BCUT2D eigenvalue weighted by atomic mass is 19.4. The fourth-order valence-corrected chi connectivity index (χ4v) is 2.52. The van der Waals surface area contributed by atoms with Gasteiger partial charge in [0.15, 0.2) is 0 Å². The molecule has 1 aromatic carbocycles. The van der Waals surface area contributed by atoms with Crippen LogP contribution in [0, 0.1) is 5.92 Å². The smallest absolute Gasteiger partial charge is 0.394 e. The molecule has 0 aliphatic carbocycles. The van der Waals surface area contributed by atoms with Crippen molar-refractivity contribution in [3.63, 3.8) is 0 Å². The van der Waals surface area contributed by atoms with Gasteiger partial charge in [-0.2, -0.15) is 13.2 Å². The fraction of sp³-hybridized carbons (Fsp3) is 0.600. The van der Waals surface area contributed by atoms with E-state index in [4.69, 9.17) is 4.74 Å². The molecule has 118 valence electrons. The first-order valence-electron chi connectivity index (χ1n) is 7.12. The molecule has 21 heavy (non-hydrogen) atoms. The topological polar surface area (TPSA) is 24.5 Å². The zero-order chi connectivity index (χ0) is 15.3. The molecule has 0 saturated carbocycles. The second-order valence-corrected chi connectivity index (χ2v) is 5.34. The molecule has 1 aliphatic heterocycles. The average Bonchev–Trinajstić information content (AvgIpc) is 2.70. The number of ether oxygens (including phenoxy) is 1. The van der Waals surface area contributed by atoms with E-state index < -0.39 is 12.1 Å². The summed E-state index contributed by atoms with van der Waals surface area (Å²) in [6.07, 6.45) is -3.41. The van der Waals surface area contributed by atoms with Gasteiger partial charge in [-0.05, 0) is 24.1 Å². The van der Waals surface area contributed by atoms with Gasteiger partial charge in [0, 0.05) is 32.7 Å². The van der Waals surface area contributed by atoms with Gasteiger partial charge in [0.1, 0.15) is 5.75 Å². The molecule has 1 unspecified atom stereocenters. The number of benzene rings is 1. The number of hydrogen-bond acceptors (Lipinski definition) is 3. The predicted molar refractivity (Wildman–Crippen MR) is 75.6 cm³/mol. The van der Waals surface area contributed by atoms with Crippen molar-refractivity contribution < 1.29 is 17.9 Å². The lowest BCUT2D eigenvalue weighted by Gasteiger charge is -2.25. The molecule has 1 atom stereocenters. The van der Waals surface area contributed by atoms with E-state index in [1.54, 1.807) is 7.11 Å². The summed E-state index contributed by atoms with van der Waals surface area (Å²) >= 11 is 0. The molecule has 0 aromatic heterocycles. The summed E-state index contributed by atoms with van der Waals surface area (Å²) in [7, 11) is 1.60.